The predicted molar refractivity (Wildman–Crippen MR) is 55.4 cm³/mol. The van der Waals surface area contributed by atoms with Crippen LogP contribution in [0.4, 0.5) is 0 Å². The quantitative estimate of drug-likeness (QED) is 0.563. The Labute approximate surface area is 86.0 Å². The summed E-state index contributed by atoms with van der Waals surface area (Å²) < 4.78 is 6.08. The molecule has 1 unspecified atom stereocenters. The lowest BCUT2D eigenvalue weighted by atomic mass is 9.92. The van der Waals surface area contributed by atoms with Crippen molar-refractivity contribution in [3.8, 4) is 0 Å². The molecule has 0 aliphatic carbocycles. The molecular weight excluding hydrogens is 176 g/mol. The van der Waals surface area contributed by atoms with Gasteiger partial charge in [-0.1, -0.05) is 6.42 Å². The Morgan fingerprint density at radius 3 is 3.00 bits per heavy atom. The van der Waals surface area contributed by atoms with Gasteiger partial charge in [-0.15, -0.1) is 0 Å². The molecule has 3 fully saturated rings. The number of nitrogens with zero attached hydrogens (tertiary/aromatic N) is 2. The molecule has 14 heavy (non-hydrogen) atoms. The normalized spacial score (nSPS) is 44.8. The fourth-order valence-electron chi connectivity index (χ4n) is 3.30. The lowest BCUT2D eigenvalue weighted by Crippen LogP contribution is -2.64. The van der Waals surface area contributed by atoms with Crippen LogP contribution in [0, 0.1) is 0 Å². The number of likely N-dealkylation sites (N-methyl/N-ethyl adjacent to an activating group) is 1. The van der Waals surface area contributed by atoms with Crippen molar-refractivity contribution in [2.45, 2.75) is 37.5 Å². The van der Waals surface area contributed by atoms with Crippen molar-refractivity contribution in [3.63, 3.8) is 0 Å². The molecule has 3 heteroatoms. The van der Waals surface area contributed by atoms with Gasteiger partial charge in [-0.3, -0.25) is 4.90 Å². The highest BCUT2D eigenvalue weighted by atomic mass is 16.5. The van der Waals surface area contributed by atoms with E-state index in [-0.39, 0.29) is 0 Å². The van der Waals surface area contributed by atoms with E-state index in [0.717, 1.165) is 19.1 Å². The molecule has 2 bridgehead atoms. The Balaban J connectivity index is 1.76. The molecule has 0 aromatic carbocycles. The third-order valence-corrected chi connectivity index (χ3v) is 3.91. The van der Waals surface area contributed by atoms with E-state index in [9.17, 15) is 0 Å². The maximum atomic E-state index is 6.08. The number of piperidine rings is 1. The standard InChI is InChI=1S/C11H20N2O/c1-12-6-9-7-13-5-3-2-4-10(13)11(8-12)14-9/h9-11H,2-8H2,1H3/t9?,10-,11-/m0/s1. The first-order valence-corrected chi connectivity index (χ1v) is 5.91. The highest BCUT2D eigenvalue weighted by Crippen LogP contribution is 2.29. The van der Waals surface area contributed by atoms with Gasteiger partial charge in [-0.2, -0.15) is 0 Å². The van der Waals surface area contributed by atoms with Gasteiger partial charge >= 0.3 is 0 Å². The van der Waals surface area contributed by atoms with E-state index < -0.39 is 0 Å². The fraction of sp³-hybridized carbons (Fsp3) is 1.00. The summed E-state index contributed by atoms with van der Waals surface area (Å²) in [6, 6.07) is 0.725. The van der Waals surface area contributed by atoms with Crippen LogP contribution in [-0.4, -0.2) is 61.3 Å². The summed E-state index contributed by atoms with van der Waals surface area (Å²) in [6.45, 7) is 4.74. The lowest BCUT2D eigenvalue weighted by molar-refractivity contribution is -0.169. The van der Waals surface area contributed by atoms with Crippen molar-refractivity contribution in [1.82, 2.24) is 9.80 Å². The van der Waals surface area contributed by atoms with Gasteiger partial charge < -0.3 is 9.64 Å². The van der Waals surface area contributed by atoms with Crippen LogP contribution >= 0.6 is 0 Å². The summed E-state index contributed by atoms with van der Waals surface area (Å²) in [7, 11) is 2.22. The molecule has 0 radical (unpaired) electrons. The van der Waals surface area contributed by atoms with Crippen molar-refractivity contribution in [2.24, 2.45) is 0 Å². The third kappa shape index (κ3) is 1.47. The molecule has 0 amide bonds. The predicted octanol–water partition coefficient (Wildman–Crippen LogP) is 0.554. The van der Waals surface area contributed by atoms with E-state index in [2.05, 4.69) is 16.8 Å². The molecule has 3 rings (SSSR count). The van der Waals surface area contributed by atoms with Crippen molar-refractivity contribution in [3.05, 3.63) is 0 Å². The summed E-state index contributed by atoms with van der Waals surface area (Å²) in [5.74, 6) is 0. The van der Waals surface area contributed by atoms with Gasteiger partial charge in [0.2, 0.25) is 0 Å². The van der Waals surface area contributed by atoms with Crippen LogP contribution in [0.25, 0.3) is 0 Å². The van der Waals surface area contributed by atoms with Gasteiger partial charge in [0, 0.05) is 25.7 Å². The molecule has 0 saturated carbocycles. The Morgan fingerprint density at radius 1 is 1.14 bits per heavy atom. The Bertz CT molecular complexity index is 219. The zero-order chi connectivity index (χ0) is 9.54. The SMILES string of the molecule is CN1CC2CN3CCCC[C@H]3[C@H](C1)O2. The molecule has 3 saturated heterocycles. The Kier molecular flexibility index (Phi) is 2.26. The molecule has 0 aromatic heterocycles. The van der Waals surface area contributed by atoms with Crippen LogP contribution in [0.1, 0.15) is 19.3 Å². The van der Waals surface area contributed by atoms with Crippen LogP contribution in [0.5, 0.6) is 0 Å². The van der Waals surface area contributed by atoms with E-state index in [0.29, 0.717) is 12.2 Å². The first kappa shape index (κ1) is 9.13. The molecule has 3 atom stereocenters. The number of rotatable bonds is 0. The highest BCUT2D eigenvalue weighted by Gasteiger charge is 2.41. The number of hydrogen-bond acceptors (Lipinski definition) is 3. The molecule has 80 valence electrons. The largest absolute Gasteiger partial charge is 0.369 e. The van der Waals surface area contributed by atoms with Crippen molar-refractivity contribution < 1.29 is 4.74 Å². The average molecular weight is 196 g/mol. The second-order valence-electron chi connectivity index (χ2n) is 5.08. The summed E-state index contributed by atoms with van der Waals surface area (Å²) in [5, 5.41) is 0. The van der Waals surface area contributed by atoms with E-state index >= 15 is 0 Å². The minimum absolute atomic E-state index is 0.480. The van der Waals surface area contributed by atoms with Gasteiger partial charge in [-0.05, 0) is 26.4 Å². The number of morpholine rings is 2. The van der Waals surface area contributed by atoms with E-state index in [1.54, 1.807) is 0 Å². The maximum Gasteiger partial charge on any atom is 0.0861 e. The van der Waals surface area contributed by atoms with Crippen LogP contribution < -0.4 is 0 Å². The Hall–Kier alpha value is -0.120. The average Bonchev–Trinajstić information content (AvgIpc) is 2.17. The van der Waals surface area contributed by atoms with Gasteiger partial charge in [-0.25, -0.2) is 0 Å². The minimum Gasteiger partial charge on any atom is -0.369 e. The molecule has 0 spiro atoms. The van der Waals surface area contributed by atoms with Gasteiger partial charge in [0.1, 0.15) is 0 Å². The van der Waals surface area contributed by atoms with Crippen LogP contribution in [0.2, 0.25) is 0 Å². The second-order valence-corrected chi connectivity index (χ2v) is 5.08. The van der Waals surface area contributed by atoms with E-state index in [1.807, 2.05) is 0 Å². The van der Waals surface area contributed by atoms with Crippen LogP contribution in [-0.2, 0) is 4.74 Å². The van der Waals surface area contributed by atoms with Crippen molar-refractivity contribution >= 4 is 0 Å². The Morgan fingerprint density at radius 2 is 2.07 bits per heavy atom. The first-order chi connectivity index (χ1) is 6.83. The highest BCUT2D eigenvalue weighted by molar-refractivity contribution is 4.94. The lowest BCUT2D eigenvalue weighted by Gasteiger charge is -2.51. The van der Waals surface area contributed by atoms with E-state index in [4.69, 9.17) is 4.74 Å². The van der Waals surface area contributed by atoms with Crippen molar-refractivity contribution in [2.75, 3.05) is 33.2 Å². The first-order valence-electron chi connectivity index (χ1n) is 5.91. The zero-order valence-corrected chi connectivity index (χ0v) is 8.98. The van der Waals surface area contributed by atoms with Crippen molar-refractivity contribution in [1.29, 1.82) is 0 Å². The fourth-order valence-corrected chi connectivity index (χ4v) is 3.30. The zero-order valence-electron chi connectivity index (χ0n) is 8.98. The third-order valence-electron chi connectivity index (χ3n) is 3.91. The van der Waals surface area contributed by atoms with Crippen LogP contribution in [0.15, 0.2) is 0 Å². The van der Waals surface area contributed by atoms with Crippen LogP contribution in [0.3, 0.4) is 0 Å². The molecule has 0 aromatic rings. The number of fused-ring (bicyclic) bond motifs is 4. The summed E-state index contributed by atoms with van der Waals surface area (Å²) in [6.07, 6.45) is 5.12. The monoisotopic (exact) mass is 196 g/mol. The molecule has 3 nitrogen and oxygen atoms in total. The smallest absolute Gasteiger partial charge is 0.0861 e. The molecule has 0 N–H and O–H groups in total. The summed E-state index contributed by atoms with van der Waals surface area (Å²) >= 11 is 0. The second kappa shape index (κ2) is 3.47. The van der Waals surface area contributed by atoms with E-state index in [1.165, 1.54) is 32.4 Å². The summed E-state index contributed by atoms with van der Waals surface area (Å²) in [4.78, 5) is 5.11. The number of ether oxygens (including phenoxy) is 1. The van der Waals surface area contributed by atoms with Gasteiger partial charge in [0.05, 0.1) is 12.2 Å². The topological polar surface area (TPSA) is 15.7 Å². The molecule has 3 aliphatic rings. The maximum absolute atomic E-state index is 6.08. The molecule has 3 aliphatic heterocycles. The molecular formula is C11H20N2O. The molecule has 3 heterocycles. The van der Waals surface area contributed by atoms with Gasteiger partial charge in [0.15, 0.2) is 0 Å². The summed E-state index contributed by atoms with van der Waals surface area (Å²) in [5.41, 5.74) is 0. The minimum atomic E-state index is 0.480. The number of hydrogen-bond donors (Lipinski definition) is 0. The van der Waals surface area contributed by atoms with Gasteiger partial charge in [0.25, 0.3) is 0 Å².